The molecule has 0 bridgehead atoms. The minimum absolute atomic E-state index is 0.0282. The van der Waals surface area contributed by atoms with E-state index in [1.54, 1.807) is 0 Å². The summed E-state index contributed by atoms with van der Waals surface area (Å²) in [7, 11) is 0. The van der Waals surface area contributed by atoms with E-state index in [1.807, 2.05) is 31.2 Å². The van der Waals surface area contributed by atoms with Gasteiger partial charge in [-0.15, -0.1) is 0 Å². The van der Waals surface area contributed by atoms with E-state index in [2.05, 4.69) is 5.32 Å². The Morgan fingerprint density at radius 2 is 2.15 bits per heavy atom. The summed E-state index contributed by atoms with van der Waals surface area (Å²) >= 11 is 0. The second-order valence-corrected chi connectivity index (χ2v) is 5.14. The summed E-state index contributed by atoms with van der Waals surface area (Å²) in [6.45, 7) is 4.33. The van der Waals surface area contributed by atoms with Gasteiger partial charge in [0.15, 0.2) is 0 Å². The quantitative estimate of drug-likeness (QED) is 0.796. The molecule has 2 rings (SSSR count). The third kappa shape index (κ3) is 4.51. The molecule has 1 amide bonds. The maximum Gasteiger partial charge on any atom is 0.220 e. The monoisotopic (exact) mass is 278 g/mol. The molecule has 1 aliphatic heterocycles. The highest BCUT2D eigenvalue weighted by Crippen LogP contribution is 2.19. The lowest BCUT2D eigenvalue weighted by Gasteiger charge is -2.23. The van der Waals surface area contributed by atoms with Crippen molar-refractivity contribution in [1.82, 2.24) is 5.32 Å². The second-order valence-electron chi connectivity index (χ2n) is 5.14. The summed E-state index contributed by atoms with van der Waals surface area (Å²) in [5, 5.41) is 2.90. The van der Waals surface area contributed by atoms with Crippen molar-refractivity contribution in [3.63, 3.8) is 0 Å². The van der Waals surface area contributed by atoms with Crippen molar-refractivity contribution < 1.29 is 14.3 Å². The van der Waals surface area contributed by atoms with Crippen LogP contribution in [0.5, 0.6) is 0 Å². The maximum absolute atomic E-state index is 11.9. The summed E-state index contributed by atoms with van der Waals surface area (Å²) in [4.78, 5) is 11.9. The molecular formula is C15H22N2O3. The molecule has 1 saturated heterocycles. The number of benzene rings is 1. The van der Waals surface area contributed by atoms with E-state index in [-0.39, 0.29) is 17.9 Å². The molecule has 1 aromatic carbocycles. The Hall–Kier alpha value is -1.59. The number of hydrogen-bond acceptors (Lipinski definition) is 4. The number of carbonyl (C=O) groups excluding carboxylic acids is 1. The smallest absolute Gasteiger partial charge is 0.220 e. The Morgan fingerprint density at radius 1 is 1.40 bits per heavy atom. The van der Waals surface area contributed by atoms with Gasteiger partial charge in [-0.3, -0.25) is 4.79 Å². The van der Waals surface area contributed by atoms with Crippen molar-refractivity contribution in [2.75, 3.05) is 32.1 Å². The van der Waals surface area contributed by atoms with Crippen LogP contribution in [-0.4, -0.2) is 38.4 Å². The first-order chi connectivity index (χ1) is 9.65. The molecule has 110 valence electrons. The molecule has 1 heterocycles. The normalized spacial score (nSPS) is 20.4. The van der Waals surface area contributed by atoms with E-state index in [0.717, 1.165) is 11.3 Å². The molecular weight excluding hydrogens is 256 g/mol. The first kappa shape index (κ1) is 14.8. The predicted octanol–water partition coefficient (Wildman–Crippen LogP) is 1.29. The van der Waals surface area contributed by atoms with Gasteiger partial charge >= 0.3 is 0 Å². The van der Waals surface area contributed by atoms with E-state index < -0.39 is 0 Å². The third-order valence-corrected chi connectivity index (χ3v) is 3.41. The van der Waals surface area contributed by atoms with Crippen molar-refractivity contribution in [1.29, 1.82) is 0 Å². The van der Waals surface area contributed by atoms with Gasteiger partial charge in [0, 0.05) is 18.7 Å². The predicted molar refractivity (Wildman–Crippen MR) is 77.5 cm³/mol. The number of anilines is 1. The summed E-state index contributed by atoms with van der Waals surface area (Å²) in [6, 6.07) is 7.64. The lowest BCUT2D eigenvalue weighted by Crippen LogP contribution is -2.39. The third-order valence-electron chi connectivity index (χ3n) is 3.41. The van der Waals surface area contributed by atoms with Gasteiger partial charge in [-0.2, -0.15) is 0 Å². The van der Waals surface area contributed by atoms with Crippen LogP contribution in [0.15, 0.2) is 24.3 Å². The minimum atomic E-state index is -0.0282. The number of nitrogens with one attached hydrogen (secondary N) is 1. The SMILES string of the molecule is CC(CC(=O)NCC1COCCO1)c1ccc(N)cc1. The molecule has 0 saturated carbocycles. The van der Waals surface area contributed by atoms with Gasteiger partial charge in [-0.25, -0.2) is 0 Å². The van der Waals surface area contributed by atoms with Crippen LogP contribution >= 0.6 is 0 Å². The fourth-order valence-corrected chi connectivity index (χ4v) is 2.17. The summed E-state index contributed by atoms with van der Waals surface area (Å²) in [5.41, 5.74) is 7.51. The Kier molecular flexibility index (Phi) is 5.38. The average Bonchev–Trinajstić information content (AvgIpc) is 2.47. The van der Waals surface area contributed by atoms with Gasteiger partial charge in [-0.1, -0.05) is 19.1 Å². The Balaban J connectivity index is 1.74. The van der Waals surface area contributed by atoms with Gasteiger partial charge in [0.25, 0.3) is 0 Å². The van der Waals surface area contributed by atoms with Gasteiger partial charge in [0.2, 0.25) is 5.91 Å². The Labute approximate surface area is 119 Å². The maximum atomic E-state index is 11.9. The zero-order valence-electron chi connectivity index (χ0n) is 11.8. The molecule has 2 unspecified atom stereocenters. The Morgan fingerprint density at radius 3 is 2.80 bits per heavy atom. The average molecular weight is 278 g/mol. The van der Waals surface area contributed by atoms with Gasteiger partial charge in [0.05, 0.1) is 25.9 Å². The summed E-state index contributed by atoms with van der Waals surface area (Å²) in [6.07, 6.45) is 0.428. The zero-order chi connectivity index (χ0) is 14.4. The summed E-state index contributed by atoms with van der Waals surface area (Å²) in [5.74, 6) is 0.197. The van der Waals surface area contributed by atoms with Gasteiger partial charge in [-0.05, 0) is 23.6 Å². The number of rotatable bonds is 5. The number of nitrogen functional groups attached to an aromatic ring is 1. The highest BCUT2D eigenvalue weighted by Gasteiger charge is 2.16. The zero-order valence-corrected chi connectivity index (χ0v) is 11.8. The fraction of sp³-hybridized carbons (Fsp3) is 0.533. The van der Waals surface area contributed by atoms with Crippen molar-refractivity contribution in [3.8, 4) is 0 Å². The van der Waals surface area contributed by atoms with Crippen molar-refractivity contribution in [2.45, 2.75) is 25.4 Å². The number of amides is 1. The van der Waals surface area contributed by atoms with Crippen LogP contribution < -0.4 is 11.1 Å². The minimum Gasteiger partial charge on any atom is -0.399 e. The number of ether oxygens (including phenoxy) is 2. The lowest BCUT2D eigenvalue weighted by atomic mass is 9.97. The highest BCUT2D eigenvalue weighted by molar-refractivity contribution is 5.76. The molecule has 0 aromatic heterocycles. The number of carbonyl (C=O) groups is 1. The number of nitrogens with two attached hydrogens (primary N) is 1. The standard InChI is InChI=1S/C15H22N2O3/c1-11(12-2-4-13(16)5-3-12)8-15(18)17-9-14-10-19-6-7-20-14/h2-5,11,14H,6-10,16H2,1H3,(H,17,18). The summed E-state index contributed by atoms with van der Waals surface area (Å²) < 4.78 is 10.8. The van der Waals surface area contributed by atoms with Crippen LogP contribution in [0.3, 0.4) is 0 Å². The van der Waals surface area contributed by atoms with E-state index >= 15 is 0 Å². The fourth-order valence-electron chi connectivity index (χ4n) is 2.17. The largest absolute Gasteiger partial charge is 0.399 e. The van der Waals surface area contributed by atoms with Crippen LogP contribution in [0.1, 0.15) is 24.8 Å². The van der Waals surface area contributed by atoms with Crippen LogP contribution in [0.25, 0.3) is 0 Å². The Bertz CT molecular complexity index is 427. The highest BCUT2D eigenvalue weighted by atomic mass is 16.6. The van der Waals surface area contributed by atoms with E-state index in [0.29, 0.717) is 32.8 Å². The van der Waals surface area contributed by atoms with Crippen molar-refractivity contribution in [2.24, 2.45) is 0 Å². The second kappa shape index (κ2) is 7.26. The van der Waals surface area contributed by atoms with Crippen LogP contribution in [0.2, 0.25) is 0 Å². The molecule has 20 heavy (non-hydrogen) atoms. The van der Waals surface area contributed by atoms with Crippen molar-refractivity contribution >= 4 is 11.6 Å². The topological polar surface area (TPSA) is 73.6 Å². The first-order valence-electron chi connectivity index (χ1n) is 6.96. The molecule has 5 heteroatoms. The van der Waals surface area contributed by atoms with Gasteiger partial charge < -0.3 is 20.5 Å². The van der Waals surface area contributed by atoms with E-state index in [9.17, 15) is 4.79 Å². The first-order valence-corrected chi connectivity index (χ1v) is 6.96. The van der Waals surface area contributed by atoms with Crippen LogP contribution in [0, 0.1) is 0 Å². The molecule has 5 nitrogen and oxygen atoms in total. The van der Waals surface area contributed by atoms with Crippen LogP contribution in [0.4, 0.5) is 5.69 Å². The van der Waals surface area contributed by atoms with Crippen molar-refractivity contribution in [3.05, 3.63) is 29.8 Å². The van der Waals surface area contributed by atoms with Gasteiger partial charge in [0.1, 0.15) is 0 Å². The molecule has 0 radical (unpaired) electrons. The molecule has 2 atom stereocenters. The van der Waals surface area contributed by atoms with E-state index in [4.69, 9.17) is 15.2 Å². The molecule has 1 aromatic rings. The molecule has 3 N–H and O–H groups in total. The van der Waals surface area contributed by atoms with E-state index in [1.165, 1.54) is 0 Å². The van der Waals surface area contributed by atoms with Crippen LogP contribution in [-0.2, 0) is 14.3 Å². The molecule has 0 aliphatic carbocycles. The number of hydrogen-bond donors (Lipinski definition) is 2. The molecule has 1 aliphatic rings. The molecule has 0 spiro atoms. The lowest BCUT2D eigenvalue weighted by molar-refractivity contribution is -0.124. The molecule has 1 fully saturated rings.